The standard InChI is InChI=1S/C20H25N3O5/c1-6-12(2)22-19(24)13-7-8-21-15(9-13)20(25)23-14-10-16(26-3)18(28-5)17(11-14)27-4/h7-12H,6H2,1-5H3,(H,22,24)(H,23,25). The molecule has 8 heteroatoms. The van der Waals surface area contributed by atoms with Crippen LogP contribution in [0.25, 0.3) is 0 Å². The van der Waals surface area contributed by atoms with E-state index in [1.807, 2.05) is 13.8 Å². The van der Waals surface area contributed by atoms with Crippen molar-refractivity contribution in [3.63, 3.8) is 0 Å². The van der Waals surface area contributed by atoms with Gasteiger partial charge in [-0.1, -0.05) is 6.92 Å². The van der Waals surface area contributed by atoms with E-state index in [1.165, 1.54) is 33.6 Å². The van der Waals surface area contributed by atoms with Crippen molar-refractivity contribution < 1.29 is 23.8 Å². The van der Waals surface area contributed by atoms with Crippen molar-refractivity contribution in [3.05, 3.63) is 41.7 Å². The van der Waals surface area contributed by atoms with E-state index in [1.54, 1.807) is 18.2 Å². The molecule has 2 N–H and O–H groups in total. The number of amides is 2. The Hall–Kier alpha value is -3.29. The first-order valence-corrected chi connectivity index (χ1v) is 8.81. The van der Waals surface area contributed by atoms with Crippen molar-refractivity contribution >= 4 is 17.5 Å². The van der Waals surface area contributed by atoms with Crippen molar-refractivity contribution in [1.82, 2.24) is 10.3 Å². The van der Waals surface area contributed by atoms with Gasteiger partial charge >= 0.3 is 0 Å². The van der Waals surface area contributed by atoms with Crippen molar-refractivity contribution in [3.8, 4) is 17.2 Å². The van der Waals surface area contributed by atoms with Crippen LogP contribution in [0.15, 0.2) is 30.5 Å². The highest BCUT2D eigenvalue weighted by molar-refractivity contribution is 6.05. The summed E-state index contributed by atoms with van der Waals surface area (Å²) < 4.78 is 15.8. The number of hydrogen-bond acceptors (Lipinski definition) is 6. The van der Waals surface area contributed by atoms with Gasteiger partial charge in [0, 0.05) is 35.6 Å². The van der Waals surface area contributed by atoms with Crippen LogP contribution in [-0.2, 0) is 0 Å². The first-order chi connectivity index (χ1) is 13.4. The van der Waals surface area contributed by atoms with Crippen LogP contribution in [0.2, 0.25) is 0 Å². The van der Waals surface area contributed by atoms with E-state index >= 15 is 0 Å². The van der Waals surface area contributed by atoms with E-state index < -0.39 is 5.91 Å². The van der Waals surface area contributed by atoms with Gasteiger partial charge in [-0.3, -0.25) is 14.6 Å². The molecule has 2 rings (SSSR count). The molecule has 1 aromatic heterocycles. The summed E-state index contributed by atoms with van der Waals surface area (Å²) in [5.41, 5.74) is 0.923. The highest BCUT2D eigenvalue weighted by atomic mass is 16.5. The molecule has 0 fully saturated rings. The van der Waals surface area contributed by atoms with Crippen molar-refractivity contribution in [2.24, 2.45) is 0 Å². The molecule has 0 aliphatic heterocycles. The third kappa shape index (κ3) is 4.91. The number of methoxy groups -OCH3 is 3. The van der Waals surface area contributed by atoms with Crippen molar-refractivity contribution in [2.75, 3.05) is 26.6 Å². The van der Waals surface area contributed by atoms with Gasteiger partial charge in [0.05, 0.1) is 21.3 Å². The molecule has 1 heterocycles. The summed E-state index contributed by atoms with van der Waals surface area (Å²) in [6.45, 7) is 3.89. The molecule has 0 radical (unpaired) electrons. The zero-order chi connectivity index (χ0) is 20.7. The van der Waals surface area contributed by atoms with Gasteiger partial charge in [-0.2, -0.15) is 0 Å². The minimum absolute atomic E-state index is 0.0390. The Morgan fingerprint density at radius 1 is 1.04 bits per heavy atom. The Morgan fingerprint density at radius 3 is 2.21 bits per heavy atom. The van der Waals surface area contributed by atoms with Gasteiger partial charge in [0.25, 0.3) is 11.8 Å². The minimum atomic E-state index is -0.465. The maximum absolute atomic E-state index is 12.6. The van der Waals surface area contributed by atoms with Gasteiger partial charge in [0.2, 0.25) is 5.75 Å². The zero-order valence-electron chi connectivity index (χ0n) is 16.7. The van der Waals surface area contributed by atoms with E-state index in [9.17, 15) is 9.59 Å². The van der Waals surface area contributed by atoms with Gasteiger partial charge in [-0.05, 0) is 25.5 Å². The summed E-state index contributed by atoms with van der Waals surface area (Å²) >= 11 is 0. The van der Waals surface area contributed by atoms with Crippen molar-refractivity contribution in [2.45, 2.75) is 26.3 Å². The number of pyridine rings is 1. The molecule has 0 bridgehead atoms. The second-order valence-corrected chi connectivity index (χ2v) is 6.08. The summed E-state index contributed by atoms with van der Waals surface area (Å²) in [6.07, 6.45) is 2.24. The molecule has 2 amide bonds. The van der Waals surface area contributed by atoms with Crippen LogP contribution in [0.1, 0.15) is 41.1 Å². The molecule has 0 aliphatic carbocycles. The minimum Gasteiger partial charge on any atom is -0.493 e. The van der Waals surface area contributed by atoms with E-state index in [2.05, 4.69) is 15.6 Å². The van der Waals surface area contributed by atoms with Crippen LogP contribution in [0.3, 0.4) is 0 Å². The van der Waals surface area contributed by atoms with Crippen LogP contribution in [0, 0.1) is 0 Å². The zero-order valence-corrected chi connectivity index (χ0v) is 16.7. The number of carbonyl (C=O) groups excluding carboxylic acids is 2. The van der Waals surface area contributed by atoms with Gasteiger partial charge in [0.1, 0.15) is 5.69 Å². The fourth-order valence-corrected chi connectivity index (χ4v) is 2.45. The van der Waals surface area contributed by atoms with Gasteiger partial charge < -0.3 is 24.8 Å². The average Bonchev–Trinajstić information content (AvgIpc) is 2.72. The molecule has 8 nitrogen and oxygen atoms in total. The third-order valence-corrected chi connectivity index (χ3v) is 4.17. The van der Waals surface area contributed by atoms with E-state index in [0.717, 1.165) is 6.42 Å². The molecule has 150 valence electrons. The average molecular weight is 387 g/mol. The monoisotopic (exact) mass is 387 g/mol. The molecule has 0 spiro atoms. The quantitative estimate of drug-likeness (QED) is 0.723. The maximum atomic E-state index is 12.6. The van der Waals surface area contributed by atoms with Gasteiger partial charge in [0.15, 0.2) is 11.5 Å². The SMILES string of the molecule is CCC(C)NC(=O)c1ccnc(C(=O)Nc2cc(OC)c(OC)c(OC)c2)c1. The molecule has 0 saturated carbocycles. The van der Waals surface area contributed by atoms with Crippen LogP contribution < -0.4 is 24.8 Å². The smallest absolute Gasteiger partial charge is 0.274 e. The third-order valence-electron chi connectivity index (χ3n) is 4.17. The molecule has 28 heavy (non-hydrogen) atoms. The van der Waals surface area contributed by atoms with Crippen LogP contribution in [0.5, 0.6) is 17.2 Å². The molecule has 1 aromatic carbocycles. The number of benzene rings is 1. The number of hydrogen-bond donors (Lipinski definition) is 2. The number of nitrogens with zero attached hydrogens (tertiary/aromatic N) is 1. The fraction of sp³-hybridized carbons (Fsp3) is 0.350. The number of nitrogens with one attached hydrogen (secondary N) is 2. The Kier molecular flexibility index (Phi) is 7.20. The van der Waals surface area contributed by atoms with Crippen LogP contribution >= 0.6 is 0 Å². The molecule has 1 unspecified atom stereocenters. The summed E-state index contributed by atoms with van der Waals surface area (Å²) in [7, 11) is 4.48. The summed E-state index contributed by atoms with van der Waals surface area (Å²) in [5, 5.41) is 5.59. The first kappa shape index (κ1) is 21.0. The first-order valence-electron chi connectivity index (χ1n) is 8.81. The predicted molar refractivity (Wildman–Crippen MR) is 106 cm³/mol. The number of aromatic nitrogens is 1. The lowest BCUT2D eigenvalue weighted by molar-refractivity contribution is 0.0939. The normalized spacial score (nSPS) is 11.3. The lowest BCUT2D eigenvalue weighted by Crippen LogP contribution is -2.32. The molecular formula is C20H25N3O5. The molecule has 1 atom stereocenters. The van der Waals surface area contributed by atoms with E-state index in [-0.39, 0.29) is 17.6 Å². The van der Waals surface area contributed by atoms with E-state index in [4.69, 9.17) is 14.2 Å². The maximum Gasteiger partial charge on any atom is 0.274 e. The number of carbonyl (C=O) groups is 2. The number of anilines is 1. The van der Waals surface area contributed by atoms with Crippen molar-refractivity contribution in [1.29, 1.82) is 0 Å². The Bertz CT molecular complexity index is 828. The molecular weight excluding hydrogens is 362 g/mol. The molecule has 2 aromatic rings. The van der Waals surface area contributed by atoms with Crippen LogP contribution in [-0.4, -0.2) is 44.2 Å². The summed E-state index contributed by atoms with van der Waals surface area (Å²) in [6, 6.07) is 6.27. The highest BCUT2D eigenvalue weighted by Crippen LogP contribution is 2.39. The largest absolute Gasteiger partial charge is 0.493 e. The Morgan fingerprint density at radius 2 is 1.68 bits per heavy atom. The van der Waals surface area contributed by atoms with E-state index in [0.29, 0.717) is 28.5 Å². The molecule has 0 saturated heterocycles. The predicted octanol–water partition coefficient (Wildman–Crippen LogP) is 2.89. The second kappa shape index (κ2) is 9.59. The number of ether oxygens (including phenoxy) is 3. The molecule has 0 aliphatic rings. The summed E-state index contributed by atoms with van der Waals surface area (Å²) in [4.78, 5) is 28.9. The summed E-state index contributed by atoms with van der Waals surface area (Å²) in [5.74, 6) is 0.523. The van der Waals surface area contributed by atoms with Crippen LogP contribution in [0.4, 0.5) is 5.69 Å². The second-order valence-electron chi connectivity index (χ2n) is 6.08. The Balaban J connectivity index is 2.24. The number of rotatable bonds is 8. The van der Waals surface area contributed by atoms with Gasteiger partial charge in [-0.15, -0.1) is 0 Å². The van der Waals surface area contributed by atoms with Gasteiger partial charge in [-0.25, -0.2) is 0 Å². The topological polar surface area (TPSA) is 98.8 Å². The fourth-order valence-electron chi connectivity index (χ4n) is 2.45. The Labute approximate surface area is 164 Å². The lowest BCUT2D eigenvalue weighted by atomic mass is 10.1. The highest BCUT2D eigenvalue weighted by Gasteiger charge is 2.17. The lowest BCUT2D eigenvalue weighted by Gasteiger charge is -2.15.